The number of aromatic nitrogens is 2. The van der Waals surface area contributed by atoms with Gasteiger partial charge < -0.3 is 10.2 Å². The van der Waals surface area contributed by atoms with E-state index in [0.717, 1.165) is 29.3 Å². The molecule has 0 saturated carbocycles. The molecule has 1 N–H and O–H groups in total. The molecule has 1 aliphatic rings. The van der Waals surface area contributed by atoms with E-state index < -0.39 is 0 Å². The number of nitrogens with one attached hydrogen (secondary N) is 1. The zero-order valence-corrected chi connectivity index (χ0v) is 12.1. The van der Waals surface area contributed by atoms with Crippen molar-refractivity contribution >= 4 is 34.7 Å². The van der Waals surface area contributed by atoms with Crippen LogP contribution in [0.5, 0.6) is 0 Å². The molecule has 1 aromatic carbocycles. The summed E-state index contributed by atoms with van der Waals surface area (Å²) in [6.07, 6.45) is 0.771. The molecule has 2 aromatic rings. The molecule has 3 rings (SSSR count). The number of fused-ring (bicyclic) bond motifs is 1. The highest BCUT2D eigenvalue weighted by molar-refractivity contribution is 6.30. The third-order valence-corrected chi connectivity index (χ3v) is 3.60. The Bertz CT molecular complexity index is 680. The molecular formula is C14H15ClN4O. The average Bonchev–Trinajstić information content (AvgIpc) is 2.74. The van der Waals surface area contributed by atoms with Crippen LogP contribution in [-0.2, 0) is 18.3 Å². The first kappa shape index (κ1) is 13.0. The summed E-state index contributed by atoms with van der Waals surface area (Å²) < 4.78 is 1.80. The molecule has 1 amide bonds. The molecule has 0 radical (unpaired) electrons. The van der Waals surface area contributed by atoms with Crippen molar-refractivity contribution in [3.05, 3.63) is 35.0 Å². The molecule has 0 bridgehead atoms. The Kier molecular flexibility index (Phi) is 3.14. The van der Waals surface area contributed by atoms with E-state index in [4.69, 9.17) is 11.6 Å². The first-order chi connectivity index (χ1) is 9.60. The molecule has 5 nitrogen and oxygen atoms in total. The van der Waals surface area contributed by atoms with E-state index in [1.165, 1.54) is 0 Å². The van der Waals surface area contributed by atoms with E-state index in [0.29, 0.717) is 5.02 Å². The average molecular weight is 291 g/mol. The van der Waals surface area contributed by atoms with Crippen LogP contribution in [0.4, 0.5) is 17.2 Å². The van der Waals surface area contributed by atoms with E-state index in [2.05, 4.69) is 10.4 Å². The third-order valence-electron chi connectivity index (χ3n) is 3.37. The Hall–Kier alpha value is -2.01. The summed E-state index contributed by atoms with van der Waals surface area (Å²) >= 11 is 6.05. The van der Waals surface area contributed by atoms with Gasteiger partial charge in [0.25, 0.3) is 0 Å². The highest BCUT2D eigenvalue weighted by atomic mass is 35.5. The molecule has 1 aromatic heterocycles. The number of rotatable bonds is 2. The van der Waals surface area contributed by atoms with Crippen molar-refractivity contribution < 1.29 is 4.79 Å². The van der Waals surface area contributed by atoms with Gasteiger partial charge in [0.1, 0.15) is 12.2 Å². The monoisotopic (exact) mass is 290 g/mol. The second-order valence-electron chi connectivity index (χ2n) is 4.74. The predicted octanol–water partition coefficient (Wildman–Crippen LogP) is 2.73. The van der Waals surface area contributed by atoms with E-state index in [1.54, 1.807) is 4.68 Å². The maximum atomic E-state index is 11.9. The van der Waals surface area contributed by atoms with Crippen LogP contribution >= 0.6 is 11.6 Å². The number of amides is 1. The van der Waals surface area contributed by atoms with E-state index in [9.17, 15) is 4.79 Å². The first-order valence-corrected chi connectivity index (χ1v) is 6.86. The van der Waals surface area contributed by atoms with Gasteiger partial charge in [0.05, 0.1) is 5.69 Å². The number of hydrogen-bond donors (Lipinski definition) is 1. The van der Waals surface area contributed by atoms with Crippen molar-refractivity contribution in [2.75, 3.05) is 16.8 Å². The van der Waals surface area contributed by atoms with Crippen molar-refractivity contribution in [1.82, 2.24) is 9.78 Å². The molecule has 104 valence electrons. The maximum Gasteiger partial charge on any atom is 0.244 e. The first-order valence-electron chi connectivity index (χ1n) is 6.49. The van der Waals surface area contributed by atoms with Gasteiger partial charge in [-0.1, -0.05) is 24.6 Å². The summed E-state index contributed by atoms with van der Waals surface area (Å²) in [4.78, 5) is 13.9. The van der Waals surface area contributed by atoms with E-state index >= 15 is 0 Å². The van der Waals surface area contributed by atoms with Crippen LogP contribution < -0.4 is 10.2 Å². The van der Waals surface area contributed by atoms with Crippen molar-refractivity contribution in [3.63, 3.8) is 0 Å². The number of anilines is 3. The Morgan fingerprint density at radius 2 is 2.25 bits per heavy atom. The largest absolute Gasteiger partial charge is 0.320 e. The topological polar surface area (TPSA) is 50.2 Å². The van der Waals surface area contributed by atoms with E-state index in [1.807, 2.05) is 43.1 Å². The fraction of sp³-hybridized carbons (Fsp3) is 0.286. The Labute approximate surface area is 122 Å². The predicted molar refractivity (Wildman–Crippen MR) is 79.7 cm³/mol. The normalized spacial score (nSPS) is 14.2. The van der Waals surface area contributed by atoms with Gasteiger partial charge in [0.2, 0.25) is 5.91 Å². The number of nitrogens with zero attached hydrogens (tertiary/aromatic N) is 3. The molecule has 20 heavy (non-hydrogen) atoms. The van der Waals surface area contributed by atoms with Gasteiger partial charge in [-0.2, -0.15) is 5.10 Å². The third kappa shape index (κ3) is 2.04. The summed E-state index contributed by atoms with van der Waals surface area (Å²) in [7, 11) is 1.88. The van der Waals surface area contributed by atoms with Crippen LogP contribution in [-0.4, -0.2) is 22.2 Å². The summed E-state index contributed by atoms with van der Waals surface area (Å²) in [6.45, 7) is 2.28. The van der Waals surface area contributed by atoms with Crippen LogP contribution in [0.25, 0.3) is 0 Å². The molecule has 0 unspecified atom stereocenters. The van der Waals surface area contributed by atoms with Gasteiger partial charge in [0.15, 0.2) is 5.82 Å². The molecule has 0 fully saturated rings. The molecule has 6 heteroatoms. The van der Waals surface area contributed by atoms with Gasteiger partial charge in [-0.05, 0) is 24.6 Å². The van der Waals surface area contributed by atoms with Crippen molar-refractivity contribution in [2.24, 2.45) is 7.05 Å². The SMILES string of the molecule is CCc1nn(C)c2c1NC(=O)CN2c1cccc(Cl)c1. The smallest absolute Gasteiger partial charge is 0.244 e. The second-order valence-corrected chi connectivity index (χ2v) is 5.17. The van der Waals surface area contributed by atoms with Gasteiger partial charge >= 0.3 is 0 Å². The van der Waals surface area contributed by atoms with Gasteiger partial charge in [-0.15, -0.1) is 0 Å². The van der Waals surface area contributed by atoms with Crippen molar-refractivity contribution in [1.29, 1.82) is 0 Å². The van der Waals surface area contributed by atoms with Gasteiger partial charge in [-0.25, -0.2) is 0 Å². The lowest BCUT2D eigenvalue weighted by Crippen LogP contribution is -2.36. The minimum atomic E-state index is -0.0415. The van der Waals surface area contributed by atoms with Gasteiger partial charge in [0, 0.05) is 17.8 Å². The van der Waals surface area contributed by atoms with Crippen LogP contribution in [0.1, 0.15) is 12.6 Å². The Morgan fingerprint density at radius 1 is 1.45 bits per heavy atom. The number of benzene rings is 1. The molecule has 0 aliphatic carbocycles. The van der Waals surface area contributed by atoms with Crippen LogP contribution in [0.15, 0.2) is 24.3 Å². The lowest BCUT2D eigenvalue weighted by atomic mass is 10.2. The fourth-order valence-electron chi connectivity index (χ4n) is 2.51. The molecule has 2 heterocycles. The number of hydrogen-bond acceptors (Lipinski definition) is 3. The lowest BCUT2D eigenvalue weighted by molar-refractivity contribution is -0.115. The highest BCUT2D eigenvalue weighted by Crippen LogP contribution is 2.37. The summed E-state index contributed by atoms with van der Waals surface area (Å²) in [6, 6.07) is 7.48. The lowest BCUT2D eigenvalue weighted by Gasteiger charge is -2.29. The standard InChI is InChI=1S/C14H15ClN4O/c1-3-11-13-14(18(2)17-11)19(8-12(20)16-13)10-6-4-5-9(15)7-10/h4-7H,3,8H2,1-2H3,(H,16,20). The number of carbonyl (C=O) groups excluding carboxylic acids is 1. The second kappa shape index (κ2) is 4.83. The maximum absolute atomic E-state index is 11.9. The summed E-state index contributed by atoms with van der Waals surface area (Å²) in [5.41, 5.74) is 2.58. The minimum Gasteiger partial charge on any atom is -0.320 e. The summed E-state index contributed by atoms with van der Waals surface area (Å²) in [5.74, 6) is 0.851. The van der Waals surface area contributed by atoms with Crippen LogP contribution in [0, 0.1) is 0 Å². The number of halogens is 1. The van der Waals surface area contributed by atoms with E-state index in [-0.39, 0.29) is 12.5 Å². The highest BCUT2D eigenvalue weighted by Gasteiger charge is 2.29. The van der Waals surface area contributed by atoms with Crippen molar-refractivity contribution in [2.45, 2.75) is 13.3 Å². The number of aryl methyl sites for hydroxylation is 2. The minimum absolute atomic E-state index is 0.0415. The van der Waals surface area contributed by atoms with Crippen LogP contribution in [0.2, 0.25) is 5.02 Å². The number of carbonyl (C=O) groups is 1. The molecule has 1 aliphatic heterocycles. The van der Waals surface area contributed by atoms with Crippen LogP contribution in [0.3, 0.4) is 0 Å². The molecule has 0 spiro atoms. The quantitative estimate of drug-likeness (QED) is 0.925. The van der Waals surface area contributed by atoms with Gasteiger partial charge in [-0.3, -0.25) is 9.48 Å². The zero-order valence-electron chi connectivity index (χ0n) is 11.4. The molecule has 0 saturated heterocycles. The Balaban J connectivity index is 2.15. The zero-order chi connectivity index (χ0) is 14.3. The molecule has 0 atom stereocenters. The Morgan fingerprint density at radius 3 is 2.95 bits per heavy atom. The summed E-state index contributed by atoms with van der Waals surface area (Å²) in [5, 5.41) is 8.03. The van der Waals surface area contributed by atoms with Crippen molar-refractivity contribution in [3.8, 4) is 0 Å². The molecular weight excluding hydrogens is 276 g/mol. The fourth-order valence-corrected chi connectivity index (χ4v) is 2.69.